The van der Waals surface area contributed by atoms with Crippen LogP contribution in [-0.4, -0.2) is 43.0 Å². The molecule has 4 N–H and O–H groups in total. The second-order valence-corrected chi connectivity index (χ2v) is 6.01. The molecule has 0 atom stereocenters. The Hall–Kier alpha value is -2.57. The van der Waals surface area contributed by atoms with E-state index in [0.717, 1.165) is 49.8 Å². The SMILES string of the molecule is C=CCNC(=NCc1cccnc1N1CCC(C(N)=O)CC1)NCC. The van der Waals surface area contributed by atoms with Crippen LogP contribution in [0, 0.1) is 5.92 Å². The number of primary amides is 1. The summed E-state index contributed by atoms with van der Waals surface area (Å²) in [6.07, 6.45) is 5.14. The predicted octanol–water partition coefficient (Wildman–Crippen LogP) is 1.02. The van der Waals surface area contributed by atoms with E-state index < -0.39 is 0 Å². The molecule has 0 spiro atoms. The number of nitrogens with zero attached hydrogens (tertiary/aromatic N) is 3. The van der Waals surface area contributed by atoms with Crippen LogP contribution >= 0.6 is 0 Å². The fraction of sp³-hybridized carbons (Fsp3) is 0.500. The molecule has 25 heavy (non-hydrogen) atoms. The summed E-state index contributed by atoms with van der Waals surface area (Å²) in [6.45, 7) is 9.30. The lowest BCUT2D eigenvalue weighted by atomic mass is 9.96. The van der Waals surface area contributed by atoms with E-state index in [2.05, 4.69) is 32.1 Å². The zero-order valence-corrected chi connectivity index (χ0v) is 14.9. The average Bonchev–Trinajstić information content (AvgIpc) is 2.64. The number of aromatic nitrogens is 1. The van der Waals surface area contributed by atoms with Crippen molar-refractivity contribution in [3.05, 3.63) is 36.5 Å². The van der Waals surface area contributed by atoms with Gasteiger partial charge in [0.1, 0.15) is 5.82 Å². The number of hydrogen-bond acceptors (Lipinski definition) is 4. The van der Waals surface area contributed by atoms with Crippen LogP contribution in [0.25, 0.3) is 0 Å². The Morgan fingerprint density at radius 2 is 2.24 bits per heavy atom. The van der Waals surface area contributed by atoms with Gasteiger partial charge in [-0.25, -0.2) is 9.98 Å². The van der Waals surface area contributed by atoms with Crippen molar-refractivity contribution in [3.63, 3.8) is 0 Å². The second kappa shape index (κ2) is 9.66. The Labute approximate surface area is 149 Å². The number of anilines is 1. The average molecular weight is 344 g/mol. The molecule has 0 radical (unpaired) electrons. The number of guanidine groups is 1. The molecule has 136 valence electrons. The summed E-state index contributed by atoms with van der Waals surface area (Å²) in [7, 11) is 0. The molecular formula is C18H28N6O. The van der Waals surface area contributed by atoms with Crippen LogP contribution in [0.5, 0.6) is 0 Å². The first kappa shape index (κ1) is 18.8. The molecule has 1 aliphatic heterocycles. The number of carbonyl (C=O) groups excluding carboxylic acids is 1. The molecule has 1 amide bonds. The Morgan fingerprint density at radius 1 is 1.48 bits per heavy atom. The van der Waals surface area contributed by atoms with Crippen LogP contribution in [-0.2, 0) is 11.3 Å². The summed E-state index contributed by atoms with van der Waals surface area (Å²) in [6, 6.07) is 3.97. The molecule has 1 aliphatic rings. The number of carbonyl (C=O) groups is 1. The first-order chi connectivity index (χ1) is 12.2. The van der Waals surface area contributed by atoms with E-state index in [-0.39, 0.29) is 11.8 Å². The van der Waals surface area contributed by atoms with Crippen molar-refractivity contribution in [2.24, 2.45) is 16.6 Å². The summed E-state index contributed by atoms with van der Waals surface area (Å²) in [5, 5.41) is 6.40. The monoisotopic (exact) mass is 344 g/mol. The number of aliphatic imine (C=N–C) groups is 1. The third-order valence-electron chi connectivity index (χ3n) is 4.23. The van der Waals surface area contributed by atoms with Crippen molar-refractivity contribution >= 4 is 17.7 Å². The highest BCUT2D eigenvalue weighted by Gasteiger charge is 2.24. The summed E-state index contributed by atoms with van der Waals surface area (Å²) in [5.74, 6) is 1.47. The number of piperidine rings is 1. The van der Waals surface area contributed by atoms with Crippen molar-refractivity contribution in [2.45, 2.75) is 26.3 Å². The predicted molar refractivity (Wildman–Crippen MR) is 101 cm³/mol. The van der Waals surface area contributed by atoms with Crippen molar-refractivity contribution < 1.29 is 4.79 Å². The van der Waals surface area contributed by atoms with Gasteiger partial charge in [0.15, 0.2) is 5.96 Å². The molecule has 0 saturated carbocycles. The zero-order chi connectivity index (χ0) is 18.1. The molecule has 0 aromatic carbocycles. The first-order valence-corrected chi connectivity index (χ1v) is 8.77. The second-order valence-electron chi connectivity index (χ2n) is 6.01. The van der Waals surface area contributed by atoms with Crippen LogP contribution in [0.4, 0.5) is 5.82 Å². The molecule has 7 nitrogen and oxygen atoms in total. The number of nitrogens with one attached hydrogen (secondary N) is 2. The Balaban J connectivity index is 2.07. The normalized spacial score (nSPS) is 15.7. The quantitative estimate of drug-likeness (QED) is 0.390. The van der Waals surface area contributed by atoms with Gasteiger partial charge in [0.05, 0.1) is 6.54 Å². The summed E-state index contributed by atoms with van der Waals surface area (Å²) in [5.41, 5.74) is 6.48. The van der Waals surface area contributed by atoms with Crippen molar-refractivity contribution in [2.75, 3.05) is 31.1 Å². The third-order valence-corrected chi connectivity index (χ3v) is 4.23. The van der Waals surface area contributed by atoms with Crippen molar-refractivity contribution in [3.8, 4) is 0 Å². The van der Waals surface area contributed by atoms with Crippen LogP contribution in [0.15, 0.2) is 36.0 Å². The highest BCUT2D eigenvalue weighted by molar-refractivity contribution is 5.80. The number of amides is 1. The van der Waals surface area contributed by atoms with E-state index in [1.165, 1.54) is 0 Å². The van der Waals surface area contributed by atoms with E-state index in [4.69, 9.17) is 5.73 Å². The van der Waals surface area contributed by atoms with Gasteiger partial charge in [-0.2, -0.15) is 0 Å². The topological polar surface area (TPSA) is 95.6 Å². The van der Waals surface area contributed by atoms with E-state index in [0.29, 0.717) is 13.1 Å². The zero-order valence-electron chi connectivity index (χ0n) is 14.9. The minimum absolute atomic E-state index is 0.0232. The number of nitrogens with two attached hydrogens (primary N) is 1. The van der Waals surface area contributed by atoms with Crippen molar-refractivity contribution in [1.29, 1.82) is 0 Å². The fourth-order valence-corrected chi connectivity index (χ4v) is 2.89. The van der Waals surface area contributed by atoms with Crippen LogP contribution in [0.3, 0.4) is 0 Å². The lowest BCUT2D eigenvalue weighted by Crippen LogP contribution is -2.39. The smallest absolute Gasteiger partial charge is 0.220 e. The van der Waals surface area contributed by atoms with E-state index >= 15 is 0 Å². The van der Waals surface area contributed by atoms with Gasteiger partial charge in [-0.3, -0.25) is 4.79 Å². The molecule has 1 fully saturated rings. The molecule has 1 saturated heterocycles. The van der Waals surface area contributed by atoms with Gasteiger partial charge in [-0.05, 0) is 25.8 Å². The molecule has 0 unspecified atom stereocenters. The Bertz CT molecular complexity index is 607. The summed E-state index contributed by atoms with van der Waals surface area (Å²) < 4.78 is 0. The van der Waals surface area contributed by atoms with Gasteiger partial charge in [-0.15, -0.1) is 6.58 Å². The maximum Gasteiger partial charge on any atom is 0.220 e. The molecular weight excluding hydrogens is 316 g/mol. The van der Waals surface area contributed by atoms with E-state index in [9.17, 15) is 4.79 Å². The molecule has 7 heteroatoms. The fourth-order valence-electron chi connectivity index (χ4n) is 2.89. The summed E-state index contributed by atoms with van der Waals surface area (Å²) >= 11 is 0. The van der Waals surface area contributed by atoms with Crippen LogP contribution in [0.1, 0.15) is 25.3 Å². The van der Waals surface area contributed by atoms with Gasteiger partial charge in [0.25, 0.3) is 0 Å². The molecule has 2 rings (SSSR count). The largest absolute Gasteiger partial charge is 0.369 e. The van der Waals surface area contributed by atoms with Gasteiger partial charge in [-0.1, -0.05) is 12.1 Å². The lowest BCUT2D eigenvalue weighted by molar-refractivity contribution is -0.122. The van der Waals surface area contributed by atoms with E-state index in [1.807, 2.05) is 19.1 Å². The number of hydrogen-bond donors (Lipinski definition) is 3. The Kier molecular flexibility index (Phi) is 7.25. The third kappa shape index (κ3) is 5.48. The minimum atomic E-state index is -0.200. The minimum Gasteiger partial charge on any atom is -0.369 e. The van der Waals surface area contributed by atoms with Gasteiger partial charge in [0.2, 0.25) is 5.91 Å². The van der Waals surface area contributed by atoms with Gasteiger partial charge in [0, 0.05) is 43.9 Å². The highest BCUT2D eigenvalue weighted by Crippen LogP contribution is 2.24. The maximum atomic E-state index is 11.3. The maximum absolute atomic E-state index is 11.3. The van der Waals surface area contributed by atoms with Gasteiger partial charge < -0.3 is 21.3 Å². The van der Waals surface area contributed by atoms with Crippen LogP contribution < -0.4 is 21.3 Å². The molecule has 1 aromatic rings. The number of pyridine rings is 1. The Morgan fingerprint density at radius 3 is 2.88 bits per heavy atom. The summed E-state index contributed by atoms with van der Waals surface area (Å²) in [4.78, 5) is 22.7. The van der Waals surface area contributed by atoms with Crippen LogP contribution in [0.2, 0.25) is 0 Å². The molecule has 0 aliphatic carbocycles. The van der Waals surface area contributed by atoms with Gasteiger partial charge >= 0.3 is 0 Å². The standard InChI is InChI=1S/C18H28N6O/c1-3-9-22-18(20-4-2)23-13-15-6-5-10-21-17(15)24-11-7-14(8-12-24)16(19)25/h3,5-6,10,14H,1,4,7-9,11-13H2,2H3,(H2,19,25)(H2,20,22,23). The molecule has 0 bridgehead atoms. The lowest BCUT2D eigenvalue weighted by Gasteiger charge is -2.32. The molecule has 1 aromatic heterocycles. The van der Waals surface area contributed by atoms with Crippen molar-refractivity contribution in [1.82, 2.24) is 15.6 Å². The number of rotatable bonds is 7. The van der Waals surface area contributed by atoms with E-state index in [1.54, 1.807) is 12.3 Å². The highest BCUT2D eigenvalue weighted by atomic mass is 16.1. The molecule has 2 heterocycles. The first-order valence-electron chi connectivity index (χ1n) is 8.77.